The molecule has 0 saturated carbocycles. The fourth-order valence-corrected chi connectivity index (χ4v) is 5.03. The Hall–Kier alpha value is -3.61. The molecule has 0 bridgehead atoms. The van der Waals surface area contributed by atoms with Crippen LogP contribution in [-0.2, 0) is 13.8 Å². The van der Waals surface area contributed by atoms with Crippen LogP contribution in [-0.4, -0.2) is 58.4 Å². The lowest BCUT2D eigenvalue weighted by Crippen LogP contribution is -2.44. The van der Waals surface area contributed by atoms with E-state index in [1.807, 2.05) is 0 Å². The minimum atomic E-state index is -4.43. The van der Waals surface area contributed by atoms with Crippen molar-refractivity contribution in [3.63, 3.8) is 0 Å². The zero-order chi connectivity index (χ0) is 27.5. The molecule has 14 heteroatoms. The highest BCUT2D eigenvalue weighted by molar-refractivity contribution is 7.49. The molecule has 4 atom stereocenters. The number of ether oxygens (including phenoxy) is 3. The number of aromatic amines is 1. The molecule has 204 valence electrons. The van der Waals surface area contributed by atoms with Crippen molar-refractivity contribution in [3.05, 3.63) is 81.6 Å². The number of methoxy groups -OCH3 is 2. The number of benzene rings is 2. The molecule has 1 aromatic heterocycles. The molecule has 0 amide bonds. The summed E-state index contributed by atoms with van der Waals surface area (Å²) in [4.78, 5) is 25.7. The molecule has 0 aliphatic carbocycles. The second kappa shape index (κ2) is 11.0. The van der Waals surface area contributed by atoms with Crippen molar-refractivity contribution in [3.8, 4) is 23.0 Å². The van der Waals surface area contributed by atoms with E-state index in [9.17, 15) is 24.4 Å². The van der Waals surface area contributed by atoms with Crippen LogP contribution >= 0.6 is 7.82 Å². The molecule has 1 saturated heterocycles. The third-order valence-electron chi connectivity index (χ3n) is 5.82. The molecule has 4 rings (SSSR count). The van der Waals surface area contributed by atoms with Gasteiger partial charge in [0.1, 0.15) is 40.8 Å². The number of rotatable bonds is 10. The Kier molecular flexibility index (Phi) is 7.95. The number of phosphoric acid groups is 1. The van der Waals surface area contributed by atoms with Crippen LogP contribution in [0.25, 0.3) is 0 Å². The minimum Gasteiger partial charge on any atom is -0.497 e. The van der Waals surface area contributed by atoms with Crippen molar-refractivity contribution in [1.29, 1.82) is 0 Å². The van der Waals surface area contributed by atoms with Gasteiger partial charge in [-0.2, -0.15) is 0 Å². The van der Waals surface area contributed by atoms with E-state index >= 15 is 0 Å². The van der Waals surface area contributed by atoms with Crippen LogP contribution in [0.5, 0.6) is 23.0 Å². The van der Waals surface area contributed by atoms with Gasteiger partial charge in [-0.3, -0.25) is 18.9 Å². The van der Waals surface area contributed by atoms with Gasteiger partial charge >= 0.3 is 13.5 Å². The van der Waals surface area contributed by atoms with Gasteiger partial charge in [0, 0.05) is 12.3 Å². The first-order valence-corrected chi connectivity index (χ1v) is 12.8. The highest BCUT2D eigenvalue weighted by Crippen LogP contribution is 2.51. The molecule has 38 heavy (non-hydrogen) atoms. The molecular weight excluding hydrogens is 523 g/mol. The lowest BCUT2D eigenvalue weighted by Gasteiger charge is -2.29. The largest absolute Gasteiger partial charge is 0.587 e. The van der Waals surface area contributed by atoms with Crippen LogP contribution in [0, 0.1) is 0 Å². The molecule has 1 aliphatic rings. The van der Waals surface area contributed by atoms with Crippen LogP contribution in [0.15, 0.2) is 70.4 Å². The van der Waals surface area contributed by atoms with Crippen LogP contribution in [0.3, 0.4) is 0 Å². The first-order chi connectivity index (χ1) is 18.1. The monoisotopic (exact) mass is 550 g/mol. The summed E-state index contributed by atoms with van der Waals surface area (Å²) < 4.78 is 47.5. The normalized spacial score (nSPS) is 23.1. The van der Waals surface area contributed by atoms with Crippen LogP contribution < -0.4 is 29.8 Å². The maximum absolute atomic E-state index is 13.8. The Morgan fingerprint density at radius 2 is 1.42 bits per heavy atom. The summed E-state index contributed by atoms with van der Waals surface area (Å²) in [5.74, 6) is 1.35. The van der Waals surface area contributed by atoms with Crippen molar-refractivity contribution < 1.29 is 42.6 Å². The molecule has 0 spiro atoms. The lowest BCUT2D eigenvalue weighted by molar-refractivity contribution is -0.115. The molecular formula is C24H27N2O11P. The van der Waals surface area contributed by atoms with Crippen molar-refractivity contribution in [2.75, 3.05) is 20.8 Å². The Bertz CT molecular complexity index is 1350. The summed E-state index contributed by atoms with van der Waals surface area (Å²) in [6.07, 6.45) is -3.41. The lowest BCUT2D eigenvalue weighted by atomic mass is 9.99. The summed E-state index contributed by atoms with van der Waals surface area (Å²) in [5.41, 5.74) is -3.16. The fourth-order valence-electron chi connectivity index (χ4n) is 3.71. The molecule has 13 nitrogen and oxygen atoms in total. The van der Waals surface area contributed by atoms with E-state index in [-0.39, 0.29) is 11.5 Å². The number of aliphatic hydroxyl groups is 2. The van der Waals surface area contributed by atoms with Crippen LogP contribution in [0.2, 0.25) is 0 Å². The van der Waals surface area contributed by atoms with Crippen LogP contribution in [0.4, 0.5) is 0 Å². The summed E-state index contributed by atoms with van der Waals surface area (Å²) >= 11 is 0. The number of aliphatic hydroxyl groups excluding tert-OH is 2. The third kappa shape index (κ3) is 5.93. The summed E-state index contributed by atoms with van der Waals surface area (Å²) in [6.45, 7) is 0.812. The Morgan fingerprint density at radius 1 is 0.921 bits per heavy atom. The highest BCUT2D eigenvalue weighted by atomic mass is 31.2. The van der Waals surface area contributed by atoms with Gasteiger partial charge in [0.05, 0.1) is 20.8 Å². The number of nitrogens with one attached hydrogen (secondary N) is 1. The Morgan fingerprint density at radius 3 is 1.89 bits per heavy atom. The van der Waals surface area contributed by atoms with E-state index in [4.69, 9.17) is 27.8 Å². The smallest absolute Gasteiger partial charge is 0.497 e. The van der Waals surface area contributed by atoms with Gasteiger partial charge in [0.2, 0.25) is 0 Å². The van der Waals surface area contributed by atoms with Crippen molar-refractivity contribution >= 4 is 7.82 Å². The van der Waals surface area contributed by atoms with Gasteiger partial charge in [-0.05, 0) is 55.5 Å². The Balaban J connectivity index is 1.57. The number of H-pyrrole nitrogens is 1. The average Bonchev–Trinajstić information content (AvgIpc) is 3.13. The zero-order valence-corrected chi connectivity index (χ0v) is 21.6. The number of hydrogen-bond acceptors (Lipinski definition) is 11. The molecule has 1 aliphatic heterocycles. The molecule has 0 unspecified atom stereocenters. The first-order valence-electron chi connectivity index (χ1n) is 11.3. The Labute approximate surface area is 216 Å². The standard InChI is InChI=1S/C24H27N2O11P/c1-24(21(29)20(28)22(35-24)26-13-12-19(27)25-23(26)30)14-34-38(31,36-17-8-4-15(32-2)5-9-17)37-18-10-6-16(33-3)7-11-18/h4-13,20-22,28-29H,14H2,1-3H3,(H,25,27,30)/t20-,21+,22-,24-/m1/s1. The van der Waals surface area contributed by atoms with E-state index in [0.29, 0.717) is 11.5 Å². The summed E-state index contributed by atoms with van der Waals surface area (Å²) in [6, 6.07) is 13.4. The molecule has 0 radical (unpaired) electrons. The maximum Gasteiger partial charge on any atom is 0.587 e. The summed E-state index contributed by atoms with van der Waals surface area (Å²) in [7, 11) is -1.44. The second-order valence-corrected chi connectivity index (χ2v) is 10.0. The van der Waals surface area contributed by atoms with Gasteiger partial charge in [-0.15, -0.1) is 0 Å². The molecule has 3 aromatic rings. The predicted octanol–water partition coefficient (Wildman–Crippen LogP) is 1.85. The summed E-state index contributed by atoms with van der Waals surface area (Å²) in [5, 5.41) is 21.3. The minimum absolute atomic E-state index is 0.137. The number of aromatic nitrogens is 2. The van der Waals surface area contributed by atoms with E-state index in [2.05, 4.69) is 4.98 Å². The van der Waals surface area contributed by atoms with Crippen molar-refractivity contribution in [2.24, 2.45) is 0 Å². The van der Waals surface area contributed by atoms with E-state index in [0.717, 1.165) is 16.8 Å². The third-order valence-corrected chi connectivity index (χ3v) is 7.13. The van der Waals surface area contributed by atoms with Gasteiger partial charge in [0.25, 0.3) is 5.56 Å². The predicted molar refractivity (Wildman–Crippen MR) is 133 cm³/mol. The number of nitrogens with zero attached hydrogens (tertiary/aromatic N) is 1. The van der Waals surface area contributed by atoms with E-state index in [1.165, 1.54) is 45.4 Å². The first kappa shape index (κ1) is 27.4. The van der Waals surface area contributed by atoms with Gasteiger partial charge in [-0.1, -0.05) is 0 Å². The number of phosphoric ester groups is 1. The topological polar surface area (TPSA) is 168 Å². The fraction of sp³-hybridized carbons (Fsp3) is 0.333. The maximum atomic E-state index is 13.8. The molecule has 3 N–H and O–H groups in total. The number of hydrogen-bond donors (Lipinski definition) is 3. The molecule has 2 aromatic carbocycles. The molecule has 2 heterocycles. The second-order valence-electron chi connectivity index (χ2n) is 8.53. The molecule has 1 fully saturated rings. The van der Waals surface area contributed by atoms with Gasteiger partial charge < -0.3 is 33.5 Å². The van der Waals surface area contributed by atoms with E-state index < -0.39 is 49.7 Å². The van der Waals surface area contributed by atoms with Gasteiger partial charge in [0.15, 0.2) is 6.23 Å². The van der Waals surface area contributed by atoms with Crippen LogP contribution in [0.1, 0.15) is 13.2 Å². The van der Waals surface area contributed by atoms with Crippen molar-refractivity contribution in [1.82, 2.24) is 9.55 Å². The van der Waals surface area contributed by atoms with E-state index in [1.54, 1.807) is 24.3 Å². The van der Waals surface area contributed by atoms with Crippen molar-refractivity contribution in [2.45, 2.75) is 31.0 Å². The van der Waals surface area contributed by atoms with Gasteiger partial charge in [-0.25, -0.2) is 9.36 Å². The average molecular weight is 550 g/mol. The zero-order valence-electron chi connectivity index (χ0n) is 20.7. The highest BCUT2D eigenvalue weighted by Gasteiger charge is 2.53. The quantitative estimate of drug-likeness (QED) is 0.315. The SMILES string of the molecule is COc1ccc(OP(=O)(OC[C@@]2(C)O[C@@H](n3ccc(=O)[nH]c3=O)[C@H](O)[C@@H]2O)Oc2ccc(OC)cc2)cc1.